The average molecular weight is 1420 g/mol. The van der Waals surface area contributed by atoms with Gasteiger partial charge in [-0.3, -0.25) is 4.79 Å². The van der Waals surface area contributed by atoms with Crippen LogP contribution in [0.2, 0.25) is 0 Å². The van der Waals surface area contributed by atoms with Gasteiger partial charge in [-0.2, -0.15) is 0 Å². The van der Waals surface area contributed by atoms with E-state index in [0.717, 1.165) is 103 Å². The van der Waals surface area contributed by atoms with Crippen LogP contribution < -0.4 is 5.32 Å². The summed E-state index contributed by atoms with van der Waals surface area (Å²) in [4.78, 5) is 13.5. The van der Waals surface area contributed by atoms with Crippen LogP contribution in [0.4, 0.5) is 0 Å². The van der Waals surface area contributed by atoms with E-state index in [1.807, 2.05) is 6.08 Å². The summed E-state index contributed by atoms with van der Waals surface area (Å²) < 4.78 is 34.4. The summed E-state index contributed by atoms with van der Waals surface area (Å²) in [7, 11) is 0. The number of aliphatic hydroxyl groups excluding tert-OH is 11. The van der Waals surface area contributed by atoms with Gasteiger partial charge in [0.25, 0.3) is 0 Å². The first-order chi connectivity index (χ1) is 49.3. The lowest BCUT2D eigenvalue weighted by Crippen LogP contribution is -2.66. The van der Waals surface area contributed by atoms with Gasteiger partial charge in [-0.1, -0.05) is 263 Å². The van der Waals surface area contributed by atoms with Crippen molar-refractivity contribution in [3.8, 4) is 0 Å². The van der Waals surface area contributed by atoms with Crippen LogP contribution in [0.1, 0.15) is 245 Å². The van der Waals surface area contributed by atoms with Gasteiger partial charge < -0.3 is 89.9 Å². The highest BCUT2D eigenvalue weighted by molar-refractivity contribution is 5.76. The molecule has 3 saturated heterocycles. The van der Waals surface area contributed by atoms with Crippen molar-refractivity contribution in [1.82, 2.24) is 5.32 Å². The van der Waals surface area contributed by atoms with E-state index in [-0.39, 0.29) is 12.3 Å². The van der Waals surface area contributed by atoms with Gasteiger partial charge in [-0.15, -0.1) is 0 Å². The van der Waals surface area contributed by atoms with Crippen LogP contribution in [0.3, 0.4) is 0 Å². The highest BCUT2D eigenvalue weighted by Crippen LogP contribution is 2.33. The Bertz CT molecular complexity index is 2350. The number of aliphatic hydroxyl groups is 11. The number of carbonyl (C=O) groups excluding carboxylic acids is 1. The van der Waals surface area contributed by atoms with Crippen molar-refractivity contribution in [3.05, 3.63) is 134 Å². The Balaban J connectivity index is 1.43. The molecule has 578 valence electrons. The van der Waals surface area contributed by atoms with E-state index in [1.54, 1.807) is 6.08 Å². The Labute approximate surface area is 607 Å². The van der Waals surface area contributed by atoms with Crippen molar-refractivity contribution >= 4 is 5.91 Å². The predicted octanol–water partition coefficient (Wildman–Crippen LogP) is 12.5. The van der Waals surface area contributed by atoms with Crippen molar-refractivity contribution in [2.24, 2.45) is 0 Å². The second kappa shape index (κ2) is 61.1. The lowest BCUT2D eigenvalue weighted by molar-refractivity contribution is -0.379. The first-order valence-electron chi connectivity index (χ1n) is 38.9. The molecule has 17 atom stereocenters. The predicted molar refractivity (Wildman–Crippen MR) is 401 cm³/mol. The lowest BCUT2D eigenvalue weighted by atomic mass is 9.96. The highest BCUT2D eigenvalue weighted by atomic mass is 16.8. The Hall–Kier alpha value is -4.07. The fraction of sp³-hybridized carbons (Fsp3) is 0.720. The molecule has 19 nitrogen and oxygen atoms in total. The normalized spacial score (nSPS) is 27.1. The minimum absolute atomic E-state index is 0.193. The molecule has 19 heteroatoms. The summed E-state index contributed by atoms with van der Waals surface area (Å²) in [5.74, 6) is -0.318. The molecule has 3 aliphatic heterocycles. The molecule has 101 heavy (non-hydrogen) atoms. The van der Waals surface area contributed by atoms with Gasteiger partial charge in [0.2, 0.25) is 5.91 Å². The van der Waals surface area contributed by atoms with E-state index in [9.17, 15) is 61.0 Å². The second-order valence-corrected chi connectivity index (χ2v) is 27.1. The molecule has 0 aromatic heterocycles. The Kier molecular flexibility index (Phi) is 55.2. The molecule has 0 spiro atoms. The monoisotopic (exact) mass is 1420 g/mol. The molecule has 0 aromatic rings. The summed E-state index contributed by atoms with van der Waals surface area (Å²) in [6.07, 6.45) is 60.0. The molecule has 3 fully saturated rings. The molecule has 1 amide bonds. The second-order valence-electron chi connectivity index (χ2n) is 27.1. The van der Waals surface area contributed by atoms with Crippen LogP contribution in [-0.2, 0) is 33.2 Å². The summed E-state index contributed by atoms with van der Waals surface area (Å²) in [5, 5.41) is 121. The van der Waals surface area contributed by atoms with Gasteiger partial charge in [0.05, 0.1) is 38.6 Å². The summed E-state index contributed by atoms with van der Waals surface area (Å²) in [6, 6.07) is -1.02. The van der Waals surface area contributed by atoms with Gasteiger partial charge >= 0.3 is 0 Å². The molecule has 3 heterocycles. The third-order valence-electron chi connectivity index (χ3n) is 18.4. The van der Waals surface area contributed by atoms with Gasteiger partial charge in [0, 0.05) is 6.42 Å². The Morgan fingerprint density at radius 3 is 1.11 bits per heavy atom. The number of hydrogen-bond donors (Lipinski definition) is 12. The SMILES string of the molecule is CC/C=C\C/C=C\C/C=C\C/C=C\C/C=C\C/C=C\C/C=C\C/C=C\CCCCCCC(=O)NC(COC1OC(CO)C(OC2OC(CO)C(OC3OC(CO)C(O)C(O)C3O)C(O)C2O)C(O)C1O)C(O)/C=C/CC/C=C/CC/C=C/CCCCCCCCCCCCCCCCCCC. The van der Waals surface area contributed by atoms with E-state index >= 15 is 0 Å². The number of allylic oxidation sites excluding steroid dienone is 21. The van der Waals surface area contributed by atoms with Crippen molar-refractivity contribution in [2.75, 3.05) is 26.4 Å². The van der Waals surface area contributed by atoms with Crippen LogP contribution in [0.15, 0.2) is 134 Å². The van der Waals surface area contributed by atoms with E-state index in [0.29, 0.717) is 12.8 Å². The summed E-state index contributed by atoms with van der Waals surface area (Å²) in [5.41, 5.74) is 0. The highest BCUT2D eigenvalue weighted by Gasteiger charge is 2.53. The van der Waals surface area contributed by atoms with E-state index in [2.05, 4.69) is 141 Å². The fourth-order valence-corrected chi connectivity index (χ4v) is 12.2. The standard InChI is InChI=1S/C82H137NO18/c1-3-5-7-9-11-13-15-17-19-21-23-25-27-29-31-32-34-36-38-40-42-44-46-48-50-52-54-56-58-60-70(88)83-65(66(87)59-57-55-53-51-49-47-45-43-41-39-37-35-33-30-28-26-24-22-20-18-16-14-12-10-8-6-4-2)64-96-80-76(94)73(91)78(68(62-85)98-80)101-82-77(95)74(92)79(69(63-86)99-82)100-81-75(93)72(90)71(89)67(61-84)97-81/h5,7,11,13,17,19,23,25,29,31,34,36,40-43,46,48-49,51,57,59,65-69,71-82,84-87,89-95H,3-4,6,8-10,12,14-16,18,20-22,24,26-28,30,32-33,35,37-39,44-45,47,50,52-56,58,60-64H2,1-2H3,(H,83,88)/b7-5-,13-11-,19-17-,25-23-,31-29-,36-34-,42-40-,43-41+,48-46-,51-49+,59-57+. The van der Waals surface area contributed by atoms with Gasteiger partial charge in [0.1, 0.15) is 73.2 Å². The van der Waals surface area contributed by atoms with Crippen molar-refractivity contribution in [1.29, 1.82) is 0 Å². The number of amides is 1. The molecule has 0 bridgehead atoms. The molecule has 0 aliphatic carbocycles. The lowest BCUT2D eigenvalue weighted by Gasteiger charge is -2.48. The maximum absolute atomic E-state index is 13.5. The van der Waals surface area contributed by atoms with Gasteiger partial charge in [-0.05, 0) is 109 Å². The minimum atomic E-state index is -1.99. The number of ether oxygens (including phenoxy) is 6. The molecule has 3 rings (SSSR count). The molecule has 0 aromatic carbocycles. The van der Waals surface area contributed by atoms with Crippen LogP contribution in [0.5, 0.6) is 0 Å². The third kappa shape index (κ3) is 41.4. The minimum Gasteiger partial charge on any atom is -0.394 e. The van der Waals surface area contributed by atoms with E-state index < -0.39 is 131 Å². The van der Waals surface area contributed by atoms with Crippen molar-refractivity contribution in [2.45, 2.75) is 349 Å². The van der Waals surface area contributed by atoms with Crippen LogP contribution >= 0.6 is 0 Å². The molecule has 17 unspecified atom stereocenters. The van der Waals surface area contributed by atoms with Gasteiger partial charge in [-0.25, -0.2) is 0 Å². The maximum atomic E-state index is 13.5. The van der Waals surface area contributed by atoms with Crippen molar-refractivity contribution < 1.29 is 89.4 Å². The number of carbonyl (C=O) groups is 1. The number of nitrogens with one attached hydrogen (secondary N) is 1. The zero-order valence-electron chi connectivity index (χ0n) is 61.6. The van der Waals surface area contributed by atoms with E-state index in [1.165, 1.54) is 109 Å². The molecular formula is C82H137NO18. The van der Waals surface area contributed by atoms with Crippen LogP contribution in [-0.4, -0.2) is 193 Å². The van der Waals surface area contributed by atoms with E-state index in [4.69, 9.17) is 28.4 Å². The molecular weight excluding hydrogens is 1290 g/mol. The zero-order valence-corrected chi connectivity index (χ0v) is 61.6. The van der Waals surface area contributed by atoms with Crippen molar-refractivity contribution in [3.63, 3.8) is 0 Å². The van der Waals surface area contributed by atoms with Crippen LogP contribution in [0, 0.1) is 0 Å². The topological polar surface area (TPSA) is 307 Å². The quantitative estimate of drug-likeness (QED) is 0.0199. The fourth-order valence-electron chi connectivity index (χ4n) is 12.2. The smallest absolute Gasteiger partial charge is 0.220 e. The first-order valence-corrected chi connectivity index (χ1v) is 38.9. The maximum Gasteiger partial charge on any atom is 0.220 e. The summed E-state index contributed by atoms with van der Waals surface area (Å²) >= 11 is 0. The Morgan fingerprint density at radius 1 is 0.366 bits per heavy atom. The van der Waals surface area contributed by atoms with Gasteiger partial charge in [0.15, 0.2) is 18.9 Å². The third-order valence-corrected chi connectivity index (χ3v) is 18.4. The zero-order chi connectivity index (χ0) is 73.2. The number of unbranched alkanes of at least 4 members (excludes halogenated alkanes) is 23. The molecule has 3 aliphatic rings. The largest absolute Gasteiger partial charge is 0.394 e. The first kappa shape index (κ1) is 91.1. The van der Waals surface area contributed by atoms with Crippen LogP contribution in [0.25, 0.3) is 0 Å². The average Bonchev–Trinajstić information content (AvgIpc) is 0.796. The molecule has 0 saturated carbocycles. The number of rotatable bonds is 59. The summed E-state index contributed by atoms with van der Waals surface area (Å²) in [6.45, 7) is 1.58. The molecule has 12 N–H and O–H groups in total. The molecule has 0 radical (unpaired) electrons. The number of hydrogen-bond acceptors (Lipinski definition) is 18. The Morgan fingerprint density at radius 2 is 0.693 bits per heavy atom.